The molecule has 1 N–H and O–H groups in total. The van der Waals surface area contributed by atoms with Crippen LogP contribution in [0.15, 0.2) is 0 Å². The van der Waals surface area contributed by atoms with Gasteiger partial charge in [0.2, 0.25) is 0 Å². The van der Waals surface area contributed by atoms with Crippen LogP contribution < -0.4 is 0 Å². The first-order valence-electron chi connectivity index (χ1n) is 3.83. The van der Waals surface area contributed by atoms with Gasteiger partial charge in [-0.2, -0.15) is 8.42 Å². The molecule has 14 heavy (non-hydrogen) atoms. The molecule has 0 fully saturated rings. The van der Waals surface area contributed by atoms with Gasteiger partial charge < -0.3 is 9.05 Å². The minimum Gasteiger partial charge on any atom is -0.307 e. The van der Waals surface area contributed by atoms with Crippen LogP contribution in [0.4, 0.5) is 0 Å². The molecule has 0 aromatic carbocycles. The maximum Gasteiger partial charge on any atom is 0.397 e. The Kier molecular flexibility index (Phi) is 5.80. The van der Waals surface area contributed by atoms with Crippen molar-refractivity contribution in [3.05, 3.63) is 0 Å². The smallest absolute Gasteiger partial charge is 0.307 e. The highest BCUT2D eigenvalue weighted by atomic mass is 32.3. The zero-order valence-electron chi connectivity index (χ0n) is 7.87. The van der Waals surface area contributed by atoms with Crippen LogP contribution in [0.1, 0.15) is 13.8 Å². The van der Waals surface area contributed by atoms with Gasteiger partial charge in [-0.1, -0.05) is 0 Å². The fraction of sp³-hybridized carbons (Fsp3) is 1.00. The minimum atomic E-state index is -4.63. The monoisotopic (exact) mass is 248 g/mol. The van der Waals surface area contributed by atoms with E-state index in [1.165, 1.54) is 0 Å². The second-order valence-corrected chi connectivity index (χ2v) is 5.21. The summed E-state index contributed by atoms with van der Waals surface area (Å²) >= 11 is 0. The summed E-state index contributed by atoms with van der Waals surface area (Å²) in [7, 11) is -8.20. The summed E-state index contributed by atoms with van der Waals surface area (Å²) < 4.78 is 53.4. The summed E-state index contributed by atoms with van der Waals surface area (Å²) in [5.41, 5.74) is 0. The van der Waals surface area contributed by atoms with Gasteiger partial charge in [-0.15, -0.1) is 0 Å². The van der Waals surface area contributed by atoms with Gasteiger partial charge in [-0.05, 0) is 13.8 Å². The van der Waals surface area contributed by atoms with E-state index < -0.39 is 24.3 Å². The molecular weight excluding hydrogens is 235 g/mol. The normalized spacial score (nSPS) is 13.1. The summed E-state index contributed by atoms with van der Waals surface area (Å²) in [6.45, 7) is 3.32. The van der Waals surface area contributed by atoms with Crippen LogP contribution in [-0.4, -0.2) is 32.5 Å². The fourth-order valence-electron chi connectivity index (χ4n) is 0.636. The Labute approximate surface area is 82.8 Å². The largest absolute Gasteiger partial charge is 0.397 e. The van der Waals surface area contributed by atoms with Crippen molar-refractivity contribution in [2.24, 2.45) is 0 Å². The second-order valence-electron chi connectivity index (χ2n) is 2.12. The average molecular weight is 248 g/mol. The molecule has 0 heterocycles. The van der Waals surface area contributed by atoms with Crippen molar-refractivity contribution < 1.29 is 30.8 Å². The summed E-state index contributed by atoms with van der Waals surface area (Å²) in [5, 5.41) is 0. The van der Waals surface area contributed by atoms with Gasteiger partial charge in [0.15, 0.2) is 6.35 Å². The van der Waals surface area contributed by atoms with Gasteiger partial charge in [0.1, 0.15) is 0 Å². The number of rotatable bonds is 7. The Bertz CT molecular complexity index is 287. The summed E-state index contributed by atoms with van der Waals surface area (Å²) in [6.07, 6.45) is -0.826. The first-order valence-corrected chi connectivity index (χ1v) is 6.92. The van der Waals surface area contributed by atoms with Gasteiger partial charge >= 0.3 is 18.0 Å². The Balaban J connectivity index is 4.30. The molecule has 0 aromatic rings. The molecule has 7 nitrogen and oxygen atoms in total. The third kappa shape index (κ3) is 6.47. The van der Waals surface area contributed by atoms with E-state index in [-0.39, 0.29) is 13.2 Å². The highest BCUT2D eigenvalue weighted by Crippen LogP contribution is 2.48. The van der Waals surface area contributed by atoms with Gasteiger partial charge in [0, 0.05) is 0 Å². The molecule has 0 rings (SSSR count). The van der Waals surface area contributed by atoms with E-state index in [1.807, 2.05) is 0 Å². The average Bonchev–Trinajstić information content (AvgIpc) is 2.01. The van der Waals surface area contributed by atoms with E-state index >= 15 is 0 Å². The van der Waals surface area contributed by atoms with E-state index in [4.69, 9.17) is 13.6 Å². The van der Waals surface area contributed by atoms with Gasteiger partial charge in [0.05, 0.1) is 13.2 Å². The molecule has 0 saturated carbocycles. The molecule has 86 valence electrons. The third-order valence-electron chi connectivity index (χ3n) is 1.01. The van der Waals surface area contributed by atoms with Crippen molar-refractivity contribution >= 4 is 18.0 Å². The van der Waals surface area contributed by atoms with Gasteiger partial charge in [0.25, 0.3) is 0 Å². The highest BCUT2D eigenvalue weighted by molar-refractivity contribution is 7.81. The van der Waals surface area contributed by atoms with Crippen LogP contribution in [0, 0.1) is 0 Å². The lowest BCUT2D eigenvalue weighted by molar-refractivity contribution is 0.192. The van der Waals surface area contributed by atoms with Gasteiger partial charge in [-0.3, -0.25) is 9.12 Å². The molecule has 0 saturated heterocycles. The second kappa shape index (κ2) is 5.79. The molecule has 0 bridgehead atoms. The van der Waals surface area contributed by atoms with Crippen LogP contribution in [0.3, 0.4) is 0 Å². The standard InChI is InChI=1S/C5H13O7PS/c1-3-10-13(6,11-4-2)5-12-14(7,8)9/h3-5H2,1-2H3,(H,7,8,9). The van der Waals surface area contributed by atoms with Crippen molar-refractivity contribution in [1.29, 1.82) is 0 Å². The SMILES string of the molecule is CCOP(=O)(COS(=O)(=O)O)OCC. The predicted octanol–water partition coefficient (Wildman–Crippen LogP) is 1.03. The van der Waals surface area contributed by atoms with Gasteiger partial charge in [-0.25, -0.2) is 4.18 Å². The zero-order valence-corrected chi connectivity index (χ0v) is 9.58. The molecule has 9 heteroatoms. The molecule has 0 aliphatic carbocycles. The molecular formula is C5H13O7PS. The Hall–Kier alpha value is 0.0200. The van der Waals surface area contributed by atoms with Crippen molar-refractivity contribution in [2.75, 3.05) is 19.6 Å². The van der Waals surface area contributed by atoms with Crippen LogP contribution in [0.5, 0.6) is 0 Å². The topological polar surface area (TPSA) is 99.1 Å². The summed E-state index contributed by atoms with van der Waals surface area (Å²) in [6, 6.07) is 0. The molecule has 0 aliphatic heterocycles. The molecule has 0 aromatic heterocycles. The lowest BCUT2D eigenvalue weighted by Gasteiger charge is -2.15. The first-order chi connectivity index (χ1) is 6.33. The minimum absolute atomic E-state index is 0.0894. The van der Waals surface area contributed by atoms with Crippen LogP contribution in [-0.2, 0) is 28.2 Å². The molecule has 0 amide bonds. The molecule has 0 spiro atoms. The van der Waals surface area contributed by atoms with E-state index in [0.717, 1.165) is 0 Å². The lowest BCUT2D eigenvalue weighted by atomic mass is 10.9. The zero-order chi connectivity index (χ0) is 11.2. The molecule has 0 atom stereocenters. The fourth-order valence-corrected chi connectivity index (χ4v) is 2.70. The van der Waals surface area contributed by atoms with E-state index in [2.05, 4.69) is 4.18 Å². The maximum absolute atomic E-state index is 11.5. The summed E-state index contributed by atoms with van der Waals surface area (Å²) in [5.74, 6) is 0. The molecule has 0 unspecified atom stereocenters. The van der Waals surface area contributed by atoms with Crippen molar-refractivity contribution in [2.45, 2.75) is 13.8 Å². The van der Waals surface area contributed by atoms with Crippen molar-refractivity contribution in [1.82, 2.24) is 0 Å². The van der Waals surface area contributed by atoms with E-state index in [1.54, 1.807) is 13.8 Å². The quantitative estimate of drug-likeness (QED) is 0.530. The van der Waals surface area contributed by atoms with E-state index in [9.17, 15) is 13.0 Å². The maximum atomic E-state index is 11.5. The third-order valence-corrected chi connectivity index (χ3v) is 3.35. The Morgan fingerprint density at radius 2 is 1.64 bits per heavy atom. The van der Waals surface area contributed by atoms with Crippen molar-refractivity contribution in [3.63, 3.8) is 0 Å². The van der Waals surface area contributed by atoms with Crippen LogP contribution in [0.2, 0.25) is 0 Å². The lowest BCUT2D eigenvalue weighted by Crippen LogP contribution is -2.08. The van der Waals surface area contributed by atoms with Crippen LogP contribution >= 0.6 is 7.60 Å². The Morgan fingerprint density at radius 1 is 1.21 bits per heavy atom. The predicted molar refractivity (Wildman–Crippen MR) is 48.4 cm³/mol. The molecule has 0 aliphatic rings. The summed E-state index contributed by atoms with van der Waals surface area (Å²) in [4.78, 5) is 0. The molecule has 0 radical (unpaired) electrons. The first kappa shape index (κ1) is 14.0. The van der Waals surface area contributed by atoms with Crippen LogP contribution in [0.25, 0.3) is 0 Å². The van der Waals surface area contributed by atoms with E-state index in [0.29, 0.717) is 0 Å². The van der Waals surface area contributed by atoms with Crippen molar-refractivity contribution in [3.8, 4) is 0 Å². The highest BCUT2D eigenvalue weighted by Gasteiger charge is 2.26. The number of hydrogen-bond donors (Lipinski definition) is 1. The number of hydrogen-bond acceptors (Lipinski definition) is 6. The Morgan fingerprint density at radius 3 is 1.93 bits per heavy atom.